The highest BCUT2D eigenvalue weighted by molar-refractivity contribution is 5.11. The van der Waals surface area contributed by atoms with E-state index in [0.717, 1.165) is 0 Å². The van der Waals surface area contributed by atoms with E-state index in [1.807, 2.05) is 0 Å². The maximum Gasteiger partial charge on any atom is -0.0174 e. The summed E-state index contributed by atoms with van der Waals surface area (Å²) < 4.78 is 0. The fourth-order valence-corrected chi connectivity index (χ4v) is 2.60. The molecule has 0 spiro atoms. The Morgan fingerprint density at radius 2 is 1.23 bits per heavy atom. The van der Waals surface area contributed by atoms with Crippen molar-refractivity contribution in [2.24, 2.45) is 22.7 Å². The molecule has 0 aromatic carbocycles. The largest absolute Gasteiger partial charge is 0.103 e. The van der Waals surface area contributed by atoms with Gasteiger partial charge < -0.3 is 0 Å². The molecule has 1 aliphatic rings. The predicted octanol–water partition coefficient (Wildman–Crippen LogP) is 4.05. The van der Waals surface area contributed by atoms with Crippen LogP contribution in [0, 0.1) is 22.7 Å². The van der Waals surface area contributed by atoms with Gasteiger partial charge in [0.05, 0.1) is 0 Å². The van der Waals surface area contributed by atoms with Crippen LogP contribution in [0.5, 0.6) is 0 Å². The molecule has 0 saturated heterocycles. The molecule has 1 fully saturated rings. The molecule has 0 N–H and O–H groups in total. The monoisotopic (exact) mass is 178 g/mol. The van der Waals surface area contributed by atoms with Crippen LogP contribution in [0.1, 0.15) is 34.1 Å². The quantitative estimate of drug-likeness (QED) is 0.560. The third kappa shape index (κ3) is 1.27. The first-order valence-electron chi connectivity index (χ1n) is 5.13. The highest BCUT2D eigenvalue weighted by atomic mass is 14.6. The summed E-state index contributed by atoms with van der Waals surface area (Å²) in [5.41, 5.74) is 0.682. The number of rotatable bonds is 2. The lowest BCUT2D eigenvalue weighted by Gasteiger charge is -2.40. The molecular formula is C13H22. The molecule has 0 radical (unpaired) electrons. The maximum absolute atomic E-state index is 3.94. The van der Waals surface area contributed by atoms with Gasteiger partial charge in [0.25, 0.3) is 0 Å². The molecule has 1 rings (SSSR count). The molecule has 0 aliphatic heterocycles. The first-order valence-corrected chi connectivity index (χ1v) is 5.13. The van der Waals surface area contributed by atoms with Crippen LogP contribution in [0.15, 0.2) is 25.3 Å². The Morgan fingerprint density at radius 1 is 0.923 bits per heavy atom. The average molecular weight is 178 g/mol. The summed E-state index contributed by atoms with van der Waals surface area (Å²) in [7, 11) is 0. The lowest BCUT2D eigenvalue weighted by atomic mass is 9.64. The molecule has 0 aromatic rings. The van der Waals surface area contributed by atoms with E-state index in [-0.39, 0.29) is 0 Å². The van der Waals surface area contributed by atoms with Crippen molar-refractivity contribution >= 4 is 0 Å². The molecule has 0 nitrogen and oxygen atoms in total. The number of allylic oxidation sites excluding steroid dienone is 2. The lowest BCUT2D eigenvalue weighted by Crippen LogP contribution is -2.33. The van der Waals surface area contributed by atoms with E-state index in [2.05, 4.69) is 53.0 Å². The van der Waals surface area contributed by atoms with Gasteiger partial charge in [-0.15, -0.1) is 13.2 Å². The summed E-state index contributed by atoms with van der Waals surface area (Å²) in [6, 6.07) is 0. The Kier molecular flexibility index (Phi) is 2.44. The minimum atomic E-state index is 0.341. The topological polar surface area (TPSA) is 0 Å². The minimum absolute atomic E-state index is 0.341. The highest BCUT2D eigenvalue weighted by Crippen LogP contribution is 2.59. The molecule has 0 aromatic heterocycles. The molecular weight excluding hydrogens is 156 g/mol. The summed E-state index contributed by atoms with van der Waals surface area (Å²) in [4.78, 5) is 0. The Labute approximate surface area is 82.7 Å². The predicted molar refractivity (Wildman–Crippen MR) is 59.6 cm³/mol. The number of hydrogen-bond acceptors (Lipinski definition) is 0. The van der Waals surface area contributed by atoms with E-state index >= 15 is 0 Å². The van der Waals surface area contributed by atoms with Gasteiger partial charge >= 0.3 is 0 Å². The van der Waals surface area contributed by atoms with Gasteiger partial charge in [0.2, 0.25) is 0 Å². The van der Waals surface area contributed by atoms with E-state index in [1.165, 1.54) is 6.42 Å². The maximum atomic E-state index is 3.94. The van der Waals surface area contributed by atoms with E-state index in [0.29, 0.717) is 22.7 Å². The van der Waals surface area contributed by atoms with E-state index in [1.54, 1.807) is 0 Å². The van der Waals surface area contributed by atoms with E-state index in [4.69, 9.17) is 0 Å². The van der Waals surface area contributed by atoms with Crippen LogP contribution in [0.2, 0.25) is 0 Å². The molecule has 0 heteroatoms. The van der Waals surface area contributed by atoms with Crippen molar-refractivity contribution in [3.05, 3.63) is 25.3 Å². The van der Waals surface area contributed by atoms with Crippen LogP contribution in [-0.4, -0.2) is 0 Å². The summed E-state index contributed by atoms with van der Waals surface area (Å²) in [5, 5.41) is 0. The molecule has 2 atom stereocenters. The first-order chi connectivity index (χ1) is 5.87. The summed E-state index contributed by atoms with van der Waals surface area (Å²) >= 11 is 0. The van der Waals surface area contributed by atoms with Crippen LogP contribution in [-0.2, 0) is 0 Å². The zero-order valence-electron chi connectivity index (χ0n) is 9.43. The zero-order chi connectivity index (χ0) is 10.3. The smallest absolute Gasteiger partial charge is 0.0174 e. The lowest BCUT2D eigenvalue weighted by molar-refractivity contribution is 0.106. The SMILES string of the molecule is C=CC1CC(C=C)C(C)(C)C1(C)C. The molecule has 1 saturated carbocycles. The number of hydrogen-bond donors (Lipinski definition) is 0. The standard InChI is InChI=1S/C13H22/c1-7-10-9-11(8-2)13(5,6)12(10,3)4/h7-8,10-11H,1-2,9H2,3-6H3. The Hall–Kier alpha value is -0.520. The van der Waals surface area contributed by atoms with Crippen molar-refractivity contribution in [2.75, 3.05) is 0 Å². The van der Waals surface area contributed by atoms with Crippen molar-refractivity contribution < 1.29 is 0 Å². The van der Waals surface area contributed by atoms with Gasteiger partial charge in [-0.2, -0.15) is 0 Å². The van der Waals surface area contributed by atoms with Crippen LogP contribution >= 0.6 is 0 Å². The van der Waals surface area contributed by atoms with Gasteiger partial charge in [0.15, 0.2) is 0 Å². The molecule has 1 aliphatic carbocycles. The van der Waals surface area contributed by atoms with Gasteiger partial charge in [-0.05, 0) is 29.1 Å². The van der Waals surface area contributed by atoms with Gasteiger partial charge in [-0.25, -0.2) is 0 Å². The van der Waals surface area contributed by atoms with E-state index < -0.39 is 0 Å². The third-order valence-corrected chi connectivity index (χ3v) is 4.59. The summed E-state index contributed by atoms with van der Waals surface area (Å²) in [5.74, 6) is 1.26. The Balaban J connectivity index is 3.06. The normalized spacial score (nSPS) is 35.7. The van der Waals surface area contributed by atoms with Crippen molar-refractivity contribution in [3.8, 4) is 0 Å². The van der Waals surface area contributed by atoms with Crippen LogP contribution < -0.4 is 0 Å². The fraction of sp³-hybridized carbons (Fsp3) is 0.692. The van der Waals surface area contributed by atoms with Crippen LogP contribution in [0.25, 0.3) is 0 Å². The van der Waals surface area contributed by atoms with Gasteiger partial charge in [-0.3, -0.25) is 0 Å². The molecule has 13 heavy (non-hydrogen) atoms. The molecule has 74 valence electrons. The molecule has 2 unspecified atom stereocenters. The molecule has 0 bridgehead atoms. The van der Waals surface area contributed by atoms with Crippen LogP contribution in [0.4, 0.5) is 0 Å². The van der Waals surface area contributed by atoms with Crippen LogP contribution in [0.3, 0.4) is 0 Å². The second-order valence-corrected chi connectivity index (χ2v) is 5.36. The van der Waals surface area contributed by atoms with E-state index in [9.17, 15) is 0 Å². The summed E-state index contributed by atoms with van der Waals surface area (Å²) in [6.45, 7) is 17.3. The zero-order valence-corrected chi connectivity index (χ0v) is 9.43. The highest BCUT2D eigenvalue weighted by Gasteiger charge is 2.52. The first kappa shape index (κ1) is 10.6. The van der Waals surface area contributed by atoms with Crippen molar-refractivity contribution in [3.63, 3.8) is 0 Å². The average Bonchev–Trinajstić information content (AvgIpc) is 2.20. The molecule has 0 amide bonds. The fourth-order valence-electron chi connectivity index (χ4n) is 2.60. The van der Waals surface area contributed by atoms with Gasteiger partial charge in [-0.1, -0.05) is 39.8 Å². The van der Waals surface area contributed by atoms with Crippen molar-refractivity contribution in [1.29, 1.82) is 0 Å². The van der Waals surface area contributed by atoms with Gasteiger partial charge in [0, 0.05) is 0 Å². The Morgan fingerprint density at radius 3 is 1.38 bits per heavy atom. The second-order valence-electron chi connectivity index (χ2n) is 5.36. The second kappa shape index (κ2) is 3.01. The molecule has 0 heterocycles. The van der Waals surface area contributed by atoms with Gasteiger partial charge in [0.1, 0.15) is 0 Å². The van der Waals surface area contributed by atoms with Crippen molar-refractivity contribution in [2.45, 2.75) is 34.1 Å². The Bertz CT molecular complexity index is 196. The minimum Gasteiger partial charge on any atom is -0.103 e. The summed E-state index contributed by atoms with van der Waals surface area (Å²) in [6.07, 6.45) is 5.45. The third-order valence-electron chi connectivity index (χ3n) is 4.59. The van der Waals surface area contributed by atoms with Crippen molar-refractivity contribution in [1.82, 2.24) is 0 Å².